The van der Waals surface area contributed by atoms with E-state index in [-0.39, 0.29) is 11.5 Å². The predicted octanol–water partition coefficient (Wildman–Crippen LogP) is 6.61. The molecule has 0 amide bonds. The summed E-state index contributed by atoms with van der Waals surface area (Å²) in [4.78, 5) is 0. The first-order chi connectivity index (χ1) is 12.8. The van der Waals surface area contributed by atoms with Crippen molar-refractivity contribution >= 4 is 0 Å². The lowest BCUT2D eigenvalue weighted by Gasteiger charge is -2.50. The van der Waals surface area contributed by atoms with Crippen molar-refractivity contribution in [3.63, 3.8) is 0 Å². The molecule has 0 aliphatic heterocycles. The van der Waals surface area contributed by atoms with E-state index in [0.717, 1.165) is 25.2 Å². The van der Waals surface area contributed by atoms with Gasteiger partial charge in [-0.15, -0.1) is 0 Å². The molecule has 148 valence electrons. The topological polar surface area (TPSA) is 20.2 Å². The highest BCUT2D eigenvalue weighted by molar-refractivity contribution is 5.53. The molecule has 0 radical (unpaired) electrons. The van der Waals surface area contributed by atoms with E-state index in [9.17, 15) is 5.11 Å². The fraction of sp³-hybridized carbons (Fsp3) is 0.692. The van der Waals surface area contributed by atoms with E-state index in [2.05, 4.69) is 65.0 Å². The number of aliphatic hydroxyl groups excluding tert-OH is 1. The van der Waals surface area contributed by atoms with Gasteiger partial charge >= 0.3 is 0 Å². The number of hydrogen-bond acceptors (Lipinski definition) is 1. The summed E-state index contributed by atoms with van der Waals surface area (Å²) in [6.45, 7) is 12.0. The van der Waals surface area contributed by atoms with Crippen molar-refractivity contribution in [1.82, 2.24) is 0 Å². The van der Waals surface area contributed by atoms with Crippen LogP contribution in [0.15, 0.2) is 47.1 Å². The van der Waals surface area contributed by atoms with Gasteiger partial charge in [0.2, 0.25) is 0 Å². The molecule has 4 rings (SSSR count). The molecule has 0 spiro atoms. The number of rotatable bonds is 3. The third-order valence-electron chi connectivity index (χ3n) is 8.48. The third kappa shape index (κ3) is 3.01. The SMILES string of the molecule is CC(C)/C=C/[C@@H](C)C1CCC2C3=CC=C4C[C@@H](O)CCC4(C)C3=CCC21C. The minimum atomic E-state index is -0.141. The second-order valence-electron chi connectivity index (χ2n) is 10.6. The zero-order valence-corrected chi connectivity index (χ0v) is 18.0. The molecule has 2 saturated carbocycles. The Balaban J connectivity index is 1.66. The molecule has 27 heavy (non-hydrogen) atoms. The Bertz CT molecular complexity index is 720. The number of aliphatic hydroxyl groups is 1. The van der Waals surface area contributed by atoms with Crippen LogP contribution in [0.4, 0.5) is 0 Å². The third-order valence-corrected chi connectivity index (χ3v) is 8.48. The van der Waals surface area contributed by atoms with Crippen LogP contribution < -0.4 is 0 Å². The Labute approximate surface area is 166 Å². The lowest BCUT2D eigenvalue weighted by molar-refractivity contribution is 0.114. The highest BCUT2D eigenvalue weighted by Crippen LogP contribution is 2.63. The second-order valence-corrected chi connectivity index (χ2v) is 10.6. The lowest BCUT2D eigenvalue weighted by atomic mass is 9.54. The van der Waals surface area contributed by atoms with Gasteiger partial charge in [0.15, 0.2) is 0 Å². The van der Waals surface area contributed by atoms with Crippen LogP contribution in [-0.2, 0) is 0 Å². The van der Waals surface area contributed by atoms with Crippen molar-refractivity contribution in [1.29, 1.82) is 0 Å². The minimum Gasteiger partial charge on any atom is -0.393 e. The van der Waals surface area contributed by atoms with Crippen LogP contribution in [0.3, 0.4) is 0 Å². The highest BCUT2D eigenvalue weighted by Gasteiger charge is 2.53. The maximum absolute atomic E-state index is 10.1. The Morgan fingerprint density at radius 1 is 1.07 bits per heavy atom. The van der Waals surface area contributed by atoms with Crippen molar-refractivity contribution in [2.24, 2.45) is 34.5 Å². The monoisotopic (exact) mass is 366 g/mol. The van der Waals surface area contributed by atoms with Gasteiger partial charge in [-0.05, 0) is 78.8 Å². The van der Waals surface area contributed by atoms with Crippen molar-refractivity contribution in [3.8, 4) is 0 Å². The van der Waals surface area contributed by atoms with Crippen LogP contribution in [0.1, 0.15) is 73.1 Å². The van der Waals surface area contributed by atoms with Crippen molar-refractivity contribution in [3.05, 3.63) is 47.1 Å². The summed E-state index contributed by atoms with van der Waals surface area (Å²) in [5.74, 6) is 2.79. The fourth-order valence-electron chi connectivity index (χ4n) is 6.79. The smallest absolute Gasteiger partial charge is 0.0578 e. The van der Waals surface area contributed by atoms with Gasteiger partial charge in [0.05, 0.1) is 6.10 Å². The Kier molecular flexibility index (Phi) is 4.82. The van der Waals surface area contributed by atoms with Crippen LogP contribution >= 0.6 is 0 Å². The van der Waals surface area contributed by atoms with E-state index >= 15 is 0 Å². The zero-order valence-electron chi connectivity index (χ0n) is 18.0. The average molecular weight is 367 g/mol. The van der Waals surface area contributed by atoms with Crippen molar-refractivity contribution in [2.75, 3.05) is 0 Å². The molecule has 0 aromatic heterocycles. The molecular weight excluding hydrogens is 328 g/mol. The fourth-order valence-corrected chi connectivity index (χ4v) is 6.79. The predicted molar refractivity (Wildman–Crippen MR) is 114 cm³/mol. The summed E-state index contributed by atoms with van der Waals surface area (Å²) in [5.41, 5.74) is 5.27. The van der Waals surface area contributed by atoms with Crippen molar-refractivity contribution in [2.45, 2.75) is 79.2 Å². The molecule has 1 N–H and O–H groups in total. The van der Waals surface area contributed by atoms with Crippen LogP contribution in [0, 0.1) is 34.5 Å². The van der Waals surface area contributed by atoms with Crippen LogP contribution in [0.2, 0.25) is 0 Å². The lowest BCUT2D eigenvalue weighted by Crippen LogP contribution is -2.41. The first-order valence-electron chi connectivity index (χ1n) is 11.2. The van der Waals surface area contributed by atoms with Gasteiger partial charge in [-0.1, -0.05) is 70.6 Å². The van der Waals surface area contributed by atoms with E-state index in [1.54, 1.807) is 11.1 Å². The zero-order chi connectivity index (χ0) is 19.4. The van der Waals surface area contributed by atoms with Gasteiger partial charge in [-0.25, -0.2) is 0 Å². The summed E-state index contributed by atoms with van der Waals surface area (Å²) >= 11 is 0. The first kappa shape index (κ1) is 19.2. The molecule has 4 unspecified atom stereocenters. The van der Waals surface area contributed by atoms with Gasteiger partial charge < -0.3 is 5.11 Å². The summed E-state index contributed by atoms with van der Waals surface area (Å²) in [5, 5.41) is 10.1. The van der Waals surface area contributed by atoms with Crippen LogP contribution in [-0.4, -0.2) is 11.2 Å². The first-order valence-corrected chi connectivity index (χ1v) is 11.2. The second kappa shape index (κ2) is 6.76. The minimum absolute atomic E-state index is 0.141. The molecule has 4 aliphatic carbocycles. The highest BCUT2D eigenvalue weighted by atomic mass is 16.3. The molecule has 0 aromatic rings. The molecule has 1 nitrogen and oxygen atoms in total. The summed E-state index contributed by atoms with van der Waals surface area (Å²) in [7, 11) is 0. The van der Waals surface area contributed by atoms with E-state index in [1.165, 1.54) is 24.8 Å². The van der Waals surface area contributed by atoms with E-state index in [1.807, 2.05) is 0 Å². The van der Waals surface area contributed by atoms with Gasteiger partial charge in [-0.3, -0.25) is 0 Å². The summed E-state index contributed by atoms with van der Waals surface area (Å²) < 4.78 is 0. The van der Waals surface area contributed by atoms with E-state index in [0.29, 0.717) is 23.2 Å². The molecular formula is C26H38O. The van der Waals surface area contributed by atoms with Gasteiger partial charge in [0.25, 0.3) is 0 Å². The Hall–Kier alpha value is -1.08. The number of hydrogen-bond donors (Lipinski definition) is 1. The van der Waals surface area contributed by atoms with E-state index < -0.39 is 0 Å². The normalized spacial score (nSPS) is 42.2. The quantitative estimate of drug-likeness (QED) is 0.557. The molecule has 6 atom stereocenters. The van der Waals surface area contributed by atoms with Crippen LogP contribution in [0.25, 0.3) is 0 Å². The molecule has 0 saturated heterocycles. The molecule has 4 aliphatic rings. The summed E-state index contributed by atoms with van der Waals surface area (Å²) in [6, 6.07) is 0. The van der Waals surface area contributed by atoms with Gasteiger partial charge in [0.1, 0.15) is 0 Å². The maximum atomic E-state index is 10.1. The Morgan fingerprint density at radius 3 is 2.59 bits per heavy atom. The number of fused-ring (bicyclic) bond motifs is 5. The Morgan fingerprint density at radius 2 is 1.85 bits per heavy atom. The van der Waals surface area contributed by atoms with Crippen LogP contribution in [0.5, 0.6) is 0 Å². The van der Waals surface area contributed by atoms with Gasteiger partial charge in [0, 0.05) is 5.41 Å². The molecule has 0 heterocycles. The maximum Gasteiger partial charge on any atom is 0.0578 e. The van der Waals surface area contributed by atoms with E-state index in [4.69, 9.17) is 0 Å². The summed E-state index contributed by atoms with van der Waals surface area (Å²) in [6.07, 6.45) is 19.0. The average Bonchev–Trinajstić information content (AvgIpc) is 2.97. The largest absolute Gasteiger partial charge is 0.393 e. The molecule has 2 fully saturated rings. The number of allylic oxidation sites excluding steroid dienone is 7. The van der Waals surface area contributed by atoms with Gasteiger partial charge in [-0.2, -0.15) is 0 Å². The molecule has 0 aromatic carbocycles. The molecule has 0 bridgehead atoms. The van der Waals surface area contributed by atoms with Crippen molar-refractivity contribution < 1.29 is 5.11 Å². The molecule has 1 heteroatoms. The standard InChI is InChI=1S/C26H38O/c1-17(2)6-7-18(3)22-10-11-23-21-9-8-19-16-20(27)12-14-25(19,4)24(21)13-15-26(22,23)5/h6-9,13,17-18,20,22-23,27H,10-12,14-16H2,1-5H3/b7-6+/t18-,20+,22?,23?,25?,26?/m1/s1.